The summed E-state index contributed by atoms with van der Waals surface area (Å²) in [5, 5.41) is 3.45. The van der Waals surface area contributed by atoms with Gasteiger partial charge in [-0.1, -0.05) is 13.3 Å². The lowest BCUT2D eigenvalue weighted by Crippen LogP contribution is -2.48. The summed E-state index contributed by atoms with van der Waals surface area (Å²) in [4.78, 5) is 6.82. The molecule has 0 amide bonds. The number of hydrogen-bond donors (Lipinski definition) is 2. The fourth-order valence-corrected chi connectivity index (χ4v) is 4.12. The van der Waals surface area contributed by atoms with Crippen LogP contribution in [0, 0.1) is 6.92 Å². The number of H-pyrrole nitrogens is 1. The number of aromatic amines is 1. The summed E-state index contributed by atoms with van der Waals surface area (Å²) in [6.45, 7) is 5.94. The van der Waals surface area contributed by atoms with E-state index in [4.69, 9.17) is 0 Å². The molecule has 1 unspecified atom stereocenters. The molecule has 2 heterocycles. The lowest BCUT2D eigenvalue weighted by molar-refractivity contribution is 0.246. The van der Waals surface area contributed by atoms with E-state index in [9.17, 15) is 8.42 Å². The third-order valence-electron chi connectivity index (χ3n) is 3.47. The van der Waals surface area contributed by atoms with Crippen LogP contribution in [-0.4, -0.2) is 48.4 Å². The third-order valence-corrected chi connectivity index (χ3v) is 5.33. The van der Waals surface area contributed by atoms with Crippen molar-refractivity contribution in [1.29, 1.82) is 0 Å². The van der Waals surface area contributed by atoms with E-state index in [0.717, 1.165) is 25.8 Å². The highest BCUT2D eigenvalue weighted by Gasteiger charge is 2.34. The van der Waals surface area contributed by atoms with Crippen LogP contribution in [-0.2, 0) is 10.0 Å². The minimum absolute atomic E-state index is 0.0438. The normalized spacial score (nSPS) is 21.7. The molecule has 0 spiro atoms. The number of nitrogens with one attached hydrogen (secondary N) is 2. The van der Waals surface area contributed by atoms with Gasteiger partial charge >= 0.3 is 0 Å². The van der Waals surface area contributed by atoms with Crippen molar-refractivity contribution in [2.75, 3.05) is 19.6 Å². The van der Waals surface area contributed by atoms with Crippen LogP contribution in [0.25, 0.3) is 0 Å². The first-order chi connectivity index (χ1) is 9.05. The topological polar surface area (TPSA) is 78.1 Å². The quantitative estimate of drug-likeness (QED) is 0.842. The second-order valence-electron chi connectivity index (χ2n) is 4.91. The number of sulfonamides is 1. The fraction of sp³-hybridized carbons (Fsp3) is 0.750. The van der Waals surface area contributed by atoms with Gasteiger partial charge in [-0.25, -0.2) is 13.4 Å². The van der Waals surface area contributed by atoms with E-state index in [1.165, 1.54) is 6.20 Å². The molecule has 1 fully saturated rings. The maximum atomic E-state index is 12.6. The van der Waals surface area contributed by atoms with Gasteiger partial charge in [-0.2, -0.15) is 4.31 Å². The van der Waals surface area contributed by atoms with Crippen LogP contribution in [0.2, 0.25) is 0 Å². The van der Waals surface area contributed by atoms with Crippen LogP contribution in [0.5, 0.6) is 0 Å². The number of aryl methyl sites for hydroxylation is 1. The van der Waals surface area contributed by atoms with Gasteiger partial charge in [0.1, 0.15) is 5.82 Å². The van der Waals surface area contributed by atoms with Gasteiger partial charge < -0.3 is 10.3 Å². The van der Waals surface area contributed by atoms with Crippen LogP contribution in [0.15, 0.2) is 11.2 Å². The van der Waals surface area contributed by atoms with Gasteiger partial charge in [0.25, 0.3) is 10.0 Å². The molecule has 2 N–H and O–H groups in total. The number of hydrogen-bond acceptors (Lipinski definition) is 4. The summed E-state index contributed by atoms with van der Waals surface area (Å²) >= 11 is 0. The van der Waals surface area contributed by atoms with Crippen LogP contribution in [0.4, 0.5) is 0 Å². The van der Waals surface area contributed by atoms with Gasteiger partial charge in [0.2, 0.25) is 0 Å². The zero-order chi connectivity index (χ0) is 13.9. The molecule has 1 atom stereocenters. The zero-order valence-electron chi connectivity index (χ0n) is 11.5. The van der Waals surface area contributed by atoms with E-state index in [2.05, 4.69) is 15.3 Å². The maximum absolute atomic E-state index is 12.6. The average molecular weight is 286 g/mol. The maximum Gasteiger partial charge on any atom is 0.260 e. The smallest absolute Gasteiger partial charge is 0.260 e. The van der Waals surface area contributed by atoms with Crippen molar-refractivity contribution >= 4 is 10.0 Å². The van der Waals surface area contributed by atoms with Gasteiger partial charge in [-0.3, -0.25) is 0 Å². The number of piperidine rings is 1. The predicted molar refractivity (Wildman–Crippen MR) is 73.4 cm³/mol. The Hall–Kier alpha value is -0.920. The predicted octanol–water partition coefficient (Wildman–Crippen LogP) is 0.871. The highest BCUT2D eigenvalue weighted by Crippen LogP contribution is 2.24. The van der Waals surface area contributed by atoms with E-state index in [-0.39, 0.29) is 11.1 Å². The Bertz CT molecular complexity index is 512. The van der Waals surface area contributed by atoms with Gasteiger partial charge in [-0.15, -0.1) is 0 Å². The fourth-order valence-electron chi connectivity index (χ4n) is 2.46. The molecule has 1 saturated heterocycles. The Morgan fingerprint density at radius 3 is 2.95 bits per heavy atom. The van der Waals surface area contributed by atoms with Crippen LogP contribution in [0.3, 0.4) is 0 Å². The largest absolute Gasteiger partial charge is 0.332 e. The van der Waals surface area contributed by atoms with Crippen molar-refractivity contribution in [2.24, 2.45) is 0 Å². The summed E-state index contributed by atoms with van der Waals surface area (Å²) < 4.78 is 26.8. The van der Waals surface area contributed by atoms with Crippen molar-refractivity contribution in [3.63, 3.8) is 0 Å². The number of likely N-dealkylation sites (N-methyl/N-ethyl adjacent to an activating group) is 1. The van der Waals surface area contributed by atoms with Crippen molar-refractivity contribution < 1.29 is 8.42 Å². The summed E-state index contributed by atoms with van der Waals surface area (Å²) in [5.74, 6) is 0.624. The van der Waals surface area contributed by atoms with E-state index in [1.54, 1.807) is 11.2 Å². The summed E-state index contributed by atoms with van der Waals surface area (Å²) in [6.07, 6.45) is 4.34. The SMILES string of the molecule is CCNCC1CCCCN1S(=O)(=O)c1cnc(C)[nH]1. The van der Waals surface area contributed by atoms with E-state index >= 15 is 0 Å². The molecule has 1 aromatic rings. The highest BCUT2D eigenvalue weighted by atomic mass is 32.2. The molecule has 2 rings (SSSR count). The number of rotatable bonds is 5. The molecular weight excluding hydrogens is 264 g/mol. The Balaban J connectivity index is 2.21. The monoisotopic (exact) mass is 286 g/mol. The van der Waals surface area contributed by atoms with E-state index < -0.39 is 10.0 Å². The minimum Gasteiger partial charge on any atom is -0.332 e. The van der Waals surface area contributed by atoms with Crippen LogP contribution < -0.4 is 5.32 Å². The van der Waals surface area contributed by atoms with Crippen molar-refractivity contribution in [3.8, 4) is 0 Å². The van der Waals surface area contributed by atoms with Crippen LogP contribution >= 0.6 is 0 Å². The molecule has 7 heteroatoms. The summed E-state index contributed by atoms with van der Waals surface area (Å²) in [5.41, 5.74) is 0. The first-order valence-corrected chi connectivity index (χ1v) is 8.24. The molecule has 1 aliphatic heterocycles. The number of aromatic nitrogens is 2. The Labute approximate surface area is 114 Å². The third kappa shape index (κ3) is 3.16. The zero-order valence-corrected chi connectivity index (χ0v) is 12.3. The van der Waals surface area contributed by atoms with E-state index in [1.807, 2.05) is 6.92 Å². The Morgan fingerprint density at radius 1 is 1.53 bits per heavy atom. The molecule has 108 valence electrons. The van der Waals surface area contributed by atoms with Crippen molar-refractivity contribution in [2.45, 2.75) is 44.2 Å². The van der Waals surface area contributed by atoms with Gasteiger partial charge in [0.05, 0.1) is 6.20 Å². The van der Waals surface area contributed by atoms with Crippen LogP contribution in [0.1, 0.15) is 32.0 Å². The Kier molecular flexibility index (Phi) is 4.59. The molecule has 0 aliphatic carbocycles. The average Bonchev–Trinajstić information content (AvgIpc) is 2.84. The van der Waals surface area contributed by atoms with Gasteiger partial charge in [0, 0.05) is 19.1 Å². The van der Waals surface area contributed by atoms with Crippen molar-refractivity contribution in [1.82, 2.24) is 19.6 Å². The van der Waals surface area contributed by atoms with Gasteiger partial charge in [-0.05, 0) is 26.3 Å². The molecule has 1 aromatic heterocycles. The molecule has 0 radical (unpaired) electrons. The highest BCUT2D eigenvalue weighted by molar-refractivity contribution is 7.89. The lowest BCUT2D eigenvalue weighted by Gasteiger charge is -2.34. The minimum atomic E-state index is -3.45. The molecule has 0 aromatic carbocycles. The second kappa shape index (κ2) is 6.02. The molecular formula is C12H22N4O2S. The second-order valence-corrected chi connectivity index (χ2v) is 6.76. The number of nitrogens with zero attached hydrogens (tertiary/aromatic N) is 2. The first-order valence-electron chi connectivity index (χ1n) is 6.80. The van der Waals surface area contributed by atoms with Crippen molar-refractivity contribution in [3.05, 3.63) is 12.0 Å². The first kappa shape index (κ1) is 14.5. The standard InChI is InChI=1S/C12H22N4O2S/c1-3-13-8-11-6-4-5-7-16(11)19(17,18)12-9-14-10(2)15-12/h9,11,13H,3-8H2,1-2H3,(H,14,15). The van der Waals surface area contributed by atoms with E-state index in [0.29, 0.717) is 18.9 Å². The number of imidazole rings is 1. The molecule has 1 aliphatic rings. The summed E-state index contributed by atoms with van der Waals surface area (Å²) in [7, 11) is -3.45. The molecule has 19 heavy (non-hydrogen) atoms. The van der Waals surface area contributed by atoms with Gasteiger partial charge in [0.15, 0.2) is 5.03 Å². The summed E-state index contributed by atoms with van der Waals surface area (Å²) in [6, 6.07) is 0.0438. The lowest BCUT2D eigenvalue weighted by atomic mass is 10.1. The molecule has 0 bridgehead atoms. The molecule has 6 nitrogen and oxygen atoms in total. The molecule has 0 saturated carbocycles. The Morgan fingerprint density at radius 2 is 2.32 bits per heavy atom.